The van der Waals surface area contributed by atoms with E-state index in [2.05, 4.69) is 5.32 Å². The van der Waals surface area contributed by atoms with Crippen LogP contribution < -0.4 is 14.8 Å². The number of ether oxygens (including phenoxy) is 2. The van der Waals surface area contributed by atoms with Crippen molar-refractivity contribution in [3.63, 3.8) is 0 Å². The van der Waals surface area contributed by atoms with E-state index in [1.165, 1.54) is 3.97 Å². The van der Waals surface area contributed by atoms with E-state index in [0.717, 1.165) is 29.6 Å². The lowest BCUT2D eigenvalue weighted by Gasteiger charge is -2.17. The summed E-state index contributed by atoms with van der Waals surface area (Å²) in [4.78, 5) is 0.264. The lowest BCUT2D eigenvalue weighted by molar-refractivity contribution is 0.356. The summed E-state index contributed by atoms with van der Waals surface area (Å²) in [6.07, 6.45) is 0.763. The van der Waals surface area contributed by atoms with Gasteiger partial charge in [-0.05, 0) is 36.7 Å². The molecule has 7 heteroatoms. The Labute approximate surface area is 152 Å². The normalized spacial score (nSPS) is 14.2. The first-order chi connectivity index (χ1) is 12.6. The SMILES string of the molecule is COc1cc2c3c(n(S(=O)(=O)c4ccccc4)c2cc1OC)CNCC3. The third-order valence-electron chi connectivity index (χ3n) is 4.76. The van der Waals surface area contributed by atoms with E-state index in [4.69, 9.17) is 9.47 Å². The molecule has 0 fully saturated rings. The summed E-state index contributed by atoms with van der Waals surface area (Å²) in [5.41, 5.74) is 2.42. The van der Waals surface area contributed by atoms with Gasteiger partial charge in [-0.2, -0.15) is 0 Å². The highest BCUT2D eigenvalue weighted by molar-refractivity contribution is 7.90. The quantitative estimate of drug-likeness (QED) is 0.762. The summed E-state index contributed by atoms with van der Waals surface area (Å²) in [5, 5.41) is 4.16. The monoisotopic (exact) mass is 372 g/mol. The van der Waals surface area contributed by atoms with Gasteiger partial charge >= 0.3 is 0 Å². The summed E-state index contributed by atoms with van der Waals surface area (Å²) in [6, 6.07) is 12.1. The Balaban J connectivity index is 2.09. The Morgan fingerprint density at radius 3 is 2.42 bits per heavy atom. The summed E-state index contributed by atoms with van der Waals surface area (Å²) < 4.78 is 39.1. The molecule has 0 atom stereocenters. The Morgan fingerprint density at radius 2 is 1.73 bits per heavy atom. The fraction of sp³-hybridized carbons (Fsp3) is 0.263. The first-order valence-corrected chi connectivity index (χ1v) is 9.81. The second-order valence-electron chi connectivity index (χ2n) is 6.16. The molecule has 0 spiro atoms. The predicted octanol–water partition coefficient (Wildman–Crippen LogP) is 2.54. The third kappa shape index (κ3) is 2.47. The molecule has 0 amide bonds. The average molecular weight is 372 g/mol. The van der Waals surface area contributed by atoms with Gasteiger partial charge in [0.1, 0.15) is 0 Å². The zero-order valence-corrected chi connectivity index (χ0v) is 15.5. The Hall–Kier alpha value is -2.51. The zero-order chi connectivity index (χ0) is 18.3. The second-order valence-corrected chi connectivity index (χ2v) is 7.95. The van der Waals surface area contributed by atoms with Crippen molar-refractivity contribution in [3.05, 3.63) is 53.7 Å². The molecule has 1 aliphatic rings. The molecule has 6 nitrogen and oxygen atoms in total. The van der Waals surface area contributed by atoms with E-state index in [-0.39, 0.29) is 4.90 Å². The first kappa shape index (κ1) is 16.9. The number of hydrogen-bond donors (Lipinski definition) is 1. The molecule has 136 valence electrons. The van der Waals surface area contributed by atoms with E-state index in [9.17, 15) is 8.42 Å². The van der Waals surface area contributed by atoms with E-state index in [1.54, 1.807) is 50.6 Å². The van der Waals surface area contributed by atoms with E-state index in [0.29, 0.717) is 23.6 Å². The van der Waals surface area contributed by atoms with Crippen molar-refractivity contribution in [2.45, 2.75) is 17.9 Å². The minimum absolute atomic E-state index is 0.264. The molecule has 0 saturated carbocycles. The van der Waals surface area contributed by atoms with E-state index < -0.39 is 10.0 Å². The van der Waals surface area contributed by atoms with Crippen LogP contribution in [0.15, 0.2) is 47.4 Å². The van der Waals surface area contributed by atoms with Gasteiger partial charge in [-0.25, -0.2) is 12.4 Å². The number of rotatable bonds is 4. The van der Waals surface area contributed by atoms with Crippen molar-refractivity contribution in [3.8, 4) is 11.5 Å². The van der Waals surface area contributed by atoms with Crippen LogP contribution in [0.1, 0.15) is 11.3 Å². The standard InChI is InChI=1S/C19H20N2O4S/c1-24-18-10-15-14-8-9-20-12-17(14)21(16(15)11-19(18)25-2)26(22,23)13-6-4-3-5-7-13/h3-7,10-11,20H,8-9,12H2,1-2H3. The highest BCUT2D eigenvalue weighted by atomic mass is 32.2. The van der Waals surface area contributed by atoms with Crippen molar-refractivity contribution < 1.29 is 17.9 Å². The van der Waals surface area contributed by atoms with Crippen LogP contribution in [0.2, 0.25) is 0 Å². The molecular weight excluding hydrogens is 352 g/mol. The Kier molecular flexibility index (Phi) is 4.13. The van der Waals surface area contributed by atoms with Crippen LogP contribution in [0.4, 0.5) is 0 Å². The van der Waals surface area contributed by atoms with Gasteiger partial charge in [0.05, 0.1) is 30.3 Å². The van der Waals surface area contributed by atoms with Gasteiger partial charge in [0.2, 0.25) is 0 Å². The lowest BCUT2D eigenvalue weighted by Crippen LogP contribution is -2.27. The maximum atomic E-state index is 13.4. The van der Waals surface area contributed by atoms with Crippen molar-refractivity contribution >= 4 is 20.9 Å². The molecule has 0 aliphatic carbocycles. The molecule has 1 aliphatic heterocycles. The molecule has 0 bridgehead atoms. The Morgan fingerprint density at radius 1 is 1.04 bits per heavy atom. The second kappa shape index (κ2) is 6.34. The number of fused-ring (bicyclic) bond motifs is 3. The molecule has 0 radical (unpaired) electrons. The molecule has 1 N–H and O–H groups in total. The van der Waals surface area contributed by atoms with Crippen LogP contribution in [0.25, 0.3) is 10.9 Å². The van der Waals surface area contributed by atoms with Crippen molar-refractivity contribution in [2.24, 2.45) is 0 Å². The van der Waals surface area contributed by atoms with Crippen LogP contribution in [-0.2, 0) is 23.0 Å². The number of hydrogen-bond acceptors (Lipinski definition) is 5. The zero-order valence-electron chi connectivity index (χ0n) is 14.7. The molecule has 26 heavy (non-hydrogen) atoms. The van der Waals surface area contributed by atoms with Crippen molar-refractivity contribution in [2.75, 3.05) is 20.8 Å². The lowest BCUT2D eigenvalue weighted by atomic mass is 10.0. The van der Waals surface area contributed by atoms with Crippen LogP contribution >= 0.6 is 0 Å². The summed E-state index contributed by atoms with van der Waals surface area (Å²) >= 11 is 0. The molecule has 2 heterocycles. The molecular formula is C19H20N2O4S. The first-order valence-electron chi connectivity index (χ1n) is 8.37. The van der Waals surface area contributed by atoms with E-state index in [1.807, 2.05) is 6.07 Å². The highest BCUT2D eigenvalue weighted by Crippen LogP contribution is 2.39. The van der Waals surface area contributed by atoms with Crippen molar-refractivity contribution in [1.29, 1.82) is 0 Å². The predicted molar refractivity (Wildman–Crippen MR) is 99.5 cm³/mol. The van der Waals surface area contributed by atoms with E-state index >= 15 is 0 Å². The van der Waals surface area contributed by atoms with Gasteiger partial charge in [0.25, 0.3) is 10.0 Å². The topological polar surface area (TPSA) is 69.6 Å². The number of methoxy groups -OCH3 is 2. The summed E-state index contributed by atoms with van der Waals surface area (Å²) in [7, 11) is -0.603. The van der Waals surface area contributed by atoms with Crippen LogP contribution in [-0.4, -0.2) is 33.2 Å². The van der Waals surface area contributed by atoms with Gasteiger partial charge < -0.3 is 14.8 Å². The molecule has 2 aromatic carbocycles. The fourth-order valence-electron chi connectivity index (χ4n) is 3.55. The number of aromatic nitrogens is 1. The number of nitrogens with one attached hydrogen (secondary N) is 1. The maximum absolute atomic E-state index is 13.4. The third-order valence-corrected chi connectivity index (χ3v) is 6.53. The largest absolute Gasteiger partial charge is 0.493 e. The minimum Gasteiger partial charge on any atom is -0.493 e. The van der Waals surface area contributed by atoms with Gasteiger partial charge in [-0.1, -0.05) is 18.2 Å². The van der Waals surface area contributed by atoms with Crippen molar-refractivity contribution in [1.82, 2.24) is 9.29 Å². The summed E-state index contributed by atoms with van der Waals surface area (Å²) in [6.45, 7) is 1.31. The molecule has 0 saturated heterocycles. The fourth-order valence-corrected chi connectivity index (χ4v) is 5.14. The van der Waals surface area contributed by atoms with Crippen LogP contribution in [0.3, 0.4) is 0 Å². The minimum atomic E-state index is -3.73. The Bertz CT molecular complexity index is 1070. The van der Waals surface area contributed by atoms with Gasteiger partial charge in [-0.15, -0.1) is 0 Å². The number of nitrogens with zero attached hydrogens (tertiary/aromatic N) is 1. The number of benzene rings is 2. The molecule has 3 aromatic rings. The van der Waals surface area contributed by atoms with Crippen LogP contribution in [0, 0.1) is 0 Å². The van der Waals surface area contributed by atoms with Crippen LogP contribution in [0.5, 0.6) is 11.5 Å². The van der Waals surface area contributed by atoms with Gasteiger partial charge in [0, 0.05) is 18.0 Å². The molecule has 4 rings (SSSR count). The van der Waals surface area contributed by atoms with Gasteiger partial charge in [0.15, 0.2) is 11.5 Å². The molecule has 0 unspecified atom stereocenters. The average Bonchev–Trinajstić information content (AvgIpc) is 3.01. The molecule has 1 aromatic heterocycles. The smallest absolute Gasteiger partial charge is 0.268 e. The maximum Gasteiger partial charge on any atom is 0.268 e. The highest BCUT2D eigenvalue weighted by Gasteiger charge is 2.29. The van der Waals surface area contributed by atoms with Gasteiger partial charge in [-0.3, -0.25) is 0 Å². The summed E-state index contributed by atoms with van der Waals surface area (Å²) in [5.74, 6) is 1.10.